The van der Waals surface area contributed by atoms with Gasteiger partial charge in [0.05, 0.1) is 23.1 Å². The highest BCUT2D eigenvalue weighted by Crippen LogP contribution is 2.34. The smallest absolute Gasteiger partial charge is 0.259 e. The lowest BCUT2D eigenvalue weighted by Crippen LogP contribution is -2.14. The molecule has 4 rings (SSSR count). The zero-order chi connectivity index (χ0) is 19.5. The van der Waals surface area contributed by atoms with Crippen molar-refractivity contribution in [2.24, 2.45) is 0 Å². The molecule has 28 heavy (non-hydrogen) atoms. The maximum Gasteiger partial charge on any atom is 0.259 e. The van der Waals surface area contributed by atoms with Crippen LogP contribution >= 0.6 is 23.1 Å². The zero-order valence-corrected chi connectivity index (χ0v) is 16.3. The van der Waals surface area contributed by atoms with E-state index in [4.69, 9.17) is 0 Å². The summed E-state index contributed by atoms with van der Waals surface area (Å²) < 4.78 is 16.3. The number of rotatable bonds is 5. The van der Waals surface area contributed by atoms with E-state index in [1.54, 1.807) is 30.6 Å². The molecule has 6 nitrogen and oxygen atoms in total. The Bertz CT molecular complexity index is 1130. The summed E-state index contributed by atoms with van der Waals surface area (Å²) in [5.74, 6) is -0.718. The van der Waals surface area contributed by atoms with Gasteiger partial charge in [0.1, 0.15) is 17.0 Å². The fourth-order valence-corrected chi connectivity index (χ4v) is 4.17. The van der Waals surface area contributed by atoms with Crippen molar-refractivity contribution < 1.29 is 9.18 Å². The molecular formula is C19H14FN5OS2. The van der Waals surface area contributed by atoms with Gasteiger partial charge < -0.3 is 5.32 Å². The Morgan fingerprint density at radius 3 is 2.75 bits per heavy atom. The highest BCUT2D eigenvalue weighted by atomic mass is 32.2. The molecule has 0 aliphatic rings. The van der Waals surface area contributed by atoms with Gasteiger partial charge in [-0.2, -0.15) is 5.10 Å². The molecule has 0 atom stereocenters. The van der Waals surface area contributed by atoms with Crippen LogP contribution in [0, 0.1) is 12.7 Å². The number of para-hydroxylation sites is 2. The van der Waals surface area contributed by atoms with E-state index in [0.717, 1.165) is 9.24 Å². The summed E-state index contributed by atoms with van der Waals surface area (Å²) in [7, 11) is 0. The van der Waals surface area contributed by atoms with E-state index < -0.39 is 5.82 Å². The molecule has 9 heteroatoms. The molecule has 1 N–H and O–H groups in total. The molecule has 0 saturated carbocycles. The molecule has 2 heterocycles. The Morgan fingerprint density at radius 2 is 1.96 bits per heavy atom. The Balaban J connectivity index is 1.60. The molecule has 0 aliphatic heterocycles. The number of hydrogen-bond donors (Lipinski definition) is 1. The van der Waals surface area contributed by atoms with Gasteiger partial charge in [-0.1, -0.05) is 47.4 Å². The van der Waals surface area contributed by atoms with E-state index in [-0.39, 0.29) is 5.91 Å². The third-order valence-electron chi connectivity index (χ3n) is 4.01. The molecule has 2 aromatic heterocycles. The predicted molar refractivity (Wildman–Crippen MR) is 107 cm³/mol. The molecule has 1 amide bonds. The van der Waals surface area contributed by atoms with Crippen LogP contribution in [0.4, 0.5) is 10.1 Å². The number of nitrogens with one attached hydrogen (secondary N) is 1. The first-order chi connectivity index (χ1) is 13.6. The number of anilines is 1. The van der Waals surface area contributed by atoms with Gasteiger partial charge in [-0.3, -0.25) is 4.79 Å². The molecule has 0 aliphatic carbocycles. The van der Waals surface area contributed by atoms with Crippen LogP contribution in [-0.4, -0.2) is 25.9 Å². The van der Waals surface area contributed by atoms with Crippen molar-refractivity contribution in [1.29, 1.82) is 0 Å². The lowest BCUT2D eigenvalue weighted by atomic mass is 10.2. The van der Waals surface area contributed by atoms with E-state index in [0.29, 0.717) is 22.6 Å². The molecule has 2 aromatic carbocycles. The molecular weight excluding hydrogens is 397 g/mol. The van der Waals surface area contributed by atoms with Gasteiger partial charge in [-0.15, -0.1) is 10.2 Å². The number of carbonyl (C=O) groups excluding carboxylic acids is 1. The third kappa shape index (κ3) is 3.67. The molecule has 0 fully saturated rings. The summed E-state index contributed by atoms with van der Waals surface area (Å²) in [6.45, 7) is 1.73. The quantitative estimate of drug-likeness (QED) is 0.521. The van der Waals surface area contributed by atoms with Crippen LogP contribution in [0.15, 0.2) is 69.5 Å². The second kappa shape index (κ2) is 7.91. The summed E-state index contributed by atoms with van der Waals surface area (Å²) in [6, 6.07) is 13.8. The standard InChI is InChI=1S/C19H14FN5OS2/c1-12-13(10-22-25(12)16-8-4-2-6-14(16)20)18(26)23-15-7-3-5-9-17(15)28-19-24-21-11-27-19/h2-11H,1H3,(H,23,26). The van der Waals surface area contributed by atoms with Gasteiger partial charge >= 0.3 is 0 Å². The first-order valence-electron chi connectivity index (χ1n) is 8.27. The van der Waals surface area contributed by atoms with E-state index >= 15 is 0 Å². The van der Waals surface area contributed by atoms with Gasteiger partial charge in [-0.05, 0) is 31.2 Å². The number of benzene rings is 2. The van der Waals surface area contributed by atoms with Crippen molar-refractivity contribution >= 4 is 34.7 Å². The Kier molecular flexibility index (Phi) is 5.18. The van der Waals surface area contributed by atoms with Crippen LogP contribution in [-0.2, 0) is 0 Å². The minimum atomic E-state index is -0.403. The number of amides is 1. The van der Waals surface area contributed by atoms with Gasteiger partial charge in [0.25, 0.3) is 5.91 Å². The number of carbonyl (C=O) groups is 1. The first kappa shape index (κ1) is 18.3. The molecule has 0 bridgehead atoms. The van der Waals surface area contributed by atoms with Crippen molar-refractivity contribution in [3.63, 3.8) is 0 Å². The van der Waals surface area contributed by atoms with E-state index in [2.05, 4.69) is 20.6 Å². The summed E-state index contributed by atoms with van der Waals surface area (Å²) >= 11 is 2.85. The Labute approximate surface area is 168 Å². The van der Waals surface area contributed by atoms with Crippen molar-refractivity contribution in [2.75, 3.05) is 5.32 Å². The SMILES string of the molecule is Cc1c(C(=O)Nc2ccccc2Sc2nncs2)cnn1-c1ccccc1F. The van der Waals surface area contributed by atoms with Crippen molar-refractivity contribution in [2.45, 2.75) is 16.2 Å². The average Bonchev–Trinajstić information content (AvgIpc) is 3.33. The van der Waals surface area contributed by atoms with Crippen LogP contribution in [0.25, 0.3) is 5.69 Å². The number of nitrogens with zero attached hydrogens (tertiary/aromatic N) is 4. The summed E-state index contributed by atoms with van der Waals surface area (Å²) in [5, 5.41) is 14.9. The highest BCUT2D eigenvalue weighted by Gasteiger charge is 2.18. The van der Waals surface area contributed by atoms with E-state index in [9.17, 15) is 9.18 Å². The summed E-state index contributed by atoms with van der Waals surface area (Å²) in [4.78, 5) is 13.7. The van der Waals surface area contributed by atoms with Crippen LogP contribution in [0.3, 0.4) is 0 Å². The van der Waals surface area contributed by atoms with Crippen LogP contribution < -0.4 is 5.32 Å². The van der Waals surface area contributed by atoms with Gasteiger partial charge in [0.2, 0.25) is 0 Å². The fourth-order valence-electron chi connectivity index (χ4n) is 2.65. The van der Waals surface area contributed by atoms with E-state index in [1.807, 2.05) is 24.3 Å². The zero-order valence-electron chi connectivity index (χ0n) is 14.7. The van der Waals surface area contributed by atoms with Crippen molar-refractivity contribution in [1.82, 2.24) is 20.0 Å². The van der Waals surface area contributed by atoms with Crippen LogP contribution in [0.2, 0.25) is 0 Å². The predicted octanol–water partition coefficient (Wildman–Crippen LogP) is 4.57. The Morgan fingerprint density at radius 1 is 1.18 bits per heavy atom. The van der Waals surface area contributed by atoms with Gasteiger partial charge in [0, 0.05) is 4.90 Å². The maximum atomic E-state index is 14.1. The molecule has 0 radical (unpaired) electrons. The number of aromatic nitrogens is 4. The topological polar surface area (TPSA) is 72.7 Å². The monoisotopic (exact) mass is 411 g/mol. The number of hydrogen-bond acceptors (Lipinski definition) is 6. The minimum Gasteiger partial charge on any atom is -0.321 e. The van der Waals surface area contributed by atoms with Crippen molar-refractivity contribution in [3.8, 4) is 5.69 Å². The highest BCUT2D eigenvalue weighted by molar-refractivity contribution is 8.01. The largest absolute Gasteiger partial charge is 0.321 e. The van der Waals surface area contributed by atoms with Crippen molar-refractivity contribution in [3.05, 3.63) is 77.3 Å². The summed E-state index contributed by atoms with van der Waals surface area (Å²) in [6.07, 6.45) is 1.44. The lowest BCUT2D eigenvalue weighted by molar-refractivity contribution is 0.102. The second-order valence-electron chi connectivity index (χ2n) is 5.76. The normalized spacial score (nSPS) is 10.8. The Hall–Kier alpha value is -3.04. The third-order valence-corrected chi connectivity index (χ3v) is 5.86. The average molecular weight is 411 g/mol. The maximum absolute atomic E-state index is 14.1. The molecule has 140 valence electrons. The van der Waals surface area contributed by atoms with Crippen LogP contribution in [0.5, 0.6) is 0 Å². The summed E-state index contributed by atoms with van der Waals surface area (Å²) in [5.41, 5.74) is 3.54. The molecule has 0 saturated heterocycles. The minimum absolute atomic E-state index is 0.297. The molecule has 4 aromatic rings. The fraction of sp³-hybridized carbons (Fsp3) is 0.0526. The van der Waals surface area contributed by atoms with Crippen LogP contribution in [0.1, 0.15) is 16.1 Å². The second-order valence-corrected chi connectivity index (χ2v) is 7.89. The first-order valence-corrected chi connectivity index (χ1v) is 9.97. The van der Waals surface area contributed by atoms with Gasteiger partial charge in [-0.25, -0.2) is 9.07 Å². The van der Waals surface area contributed by atoms with Gasteiger partial charge in [0.15, 0.2) is 4.34 Å². The molecule has 0 spiro atoms. The van der Waals surface area contributed by atoms with E-state index in [1.165, 1.54) is 40.0 Å². The number of halogens is 1. The molecule has 0 unspecified atom stereocenters. The lowest BCUT2D eigenvalue weighted by Gasteiger charge is -2.10.